The average molecular weight is 296 g/mol. The van der Waals surface area contributed by atoms with E-state index in [1.54, 1.807) is 18.2 Å². The van der Waals surface area contributed by atoms with E-state index in [1.807, 2.05) is 0 Å². The molecule has 0 fully saturated rings. The highest BCUT2D eigenvalue weighted by Crippen LogP contribution is 2.29. The number of amides is 2. The minimum atomic E-state index is -0.820. The van der Waals surface area contributed by atoms with Crippen molar-refractivity contribution in [3.63, 3.8) is 0 Å². The molecule has 92 valence electrons. The van der Waals surface area contributed by atoms with Gasteiger partial charge in [0.05, 0.1) is 15.7 Å². The van der Waals surface area contributed by atoms with E-state index in [0.717, 1.165) is 0 Å². The molecule has 0 radical (unpaired) electrons. The summed E-state index contributed by atoms with van der Waals surface area (Å²) in [6.45, 7) is 0.219. The summed E-state index contributed by atoms with van der Waals surface area (Å²) in [6.07, 6.45) is 0. The second kappa shape index (κ2) is 6.69. The first kappa shape index (κ1) is 14.1. The van der Waals surface area contributed by atoms with Crippen molar-refractivity contribution in [3.8, 4) is 0 Å². The van der Waals surface area contributed by atoms with Crippen LogP contribution in [0.2, 0.25) is 10.0 Å². The van der Waals surface area contributed by atoms with Gasteiger partial charge >= 0.3 is 11.8 Å². The number of carbonyl (C=O) groups is 2. The largest absolute Gasteiger partial charge is 0.347 e. The van der Waals surface area contributed by atoms with Gasteiger partial charge in [0.2, 0.25) is 0 Å². The van der Waals surface area contributed by atoms with Crippen LogP contribution >= 0.6 is 34.8 Å². The summed E-state index contributed by atoms with van der Waals surface area (Å²) in [7, 11) is 0. The van der Waals surface area contributed by atoms with Gasteiger partial charge in [0.25, 0.3) is 0 Å². The van der Waals surface area contributed by atoms with Crippen molar-refractivity contribution >= 4 is 52.3 Å². The molecular formula is C10H9Cl3N2O2. The fraction of sp³-hybridized carbons (Fsp3) is 0.200. The van der Waals surface area contributed by atoms with Crippen LogP contribution in [0.4, 0.5) is 5.69 Å². The van der Waals surface area contributed by atoms with Crippen molar-refractivity contribution < 1.29 is 9.59 Å². The maximum absolute atomic E-state index is 11.4. The normalized spacial score (nSPS) is 9.82. The Morgan fingerprint density at radius 1 is 1.18 bits per heavy atom. The van der Waals surface area contributed by atoms with Crippen LogP contribution in [0.3, 0.4) is 0 Å². The Morgan fingerprint density at radius 3 is 2.53 bits per heavy atom. The van der Waals surface area contributed by atoms with E-state index < -0.39 is 11.8 Å². The molecule has 0 spiro atoms. The van der Waals surface area contributed by atoms with Crippen molar-refractivity contribution in [1.82, 2.24) is 5.32 Å². The highest BCUT2D eigenvalue weighted by molar-refractivity contribution is 6.45. The molecule has 0 saturated heterocycles. The molecule has 7 heteroatoms. The predicted octanol–water partition coefficient (Wildman–Crippen LogP) is 2.29. The molecule has 0 aromatic heterocycles. The van der Waals surface area contributed by atoms with Crippen LogP contribution in [0.15, 0.2) is 18.2 Å². The summed E-state index contributed by atoms with van der Waals surface area (Å²) < 4.78 is 0. The molecule has 0 aliphatic heterocycles. The Hall–Kier alpha value is -0.970. The molecule has 2 N–H and O–H groups in total. The second-order valence-electron chi connectivity index (χ2n) is 3.00. The van der Waals surface area contributed by atoms with E-state index in [4.69, 9.17) is 34.8 Å². The van der Waals surface area contributed by atoms with Crippen LogP contribution in [0.1, 0.15) is 0 Å². The topological polar surface area (TPSA) is 58.2 Å². The van der Waals surface area contributed by atoms with E-state index in [2.05, 4.69) is 10.6 Å². The summed E-state index contributed by atoms with van der Waals surface area (Å²) >= 11 is 17.0. The van der Waals surface area contributed by atoms with E-state index >= 15 is 0 Å². The maximum Gasteiger partial charge on any atom is 0.313 e. The molecule has 4 nitrogen and oxygen atoms in total. The molecule has 1 aromatic carbocycles. The van der Waals surface area contributed by atoms with Crippen LogP contribution < -0.4 is 10.6 Å². The Labute approximate surface area is 113 Å². The summed E-state index contributed by atoms with van der Waals surface area (Å²) in [5.74, 6) is -1.36. The van der Waals surface area contributed by atoms with Gasteiger partial charge in [0.15, 0.2) is 0 Å². The molecular weight excluding hydrogens is 286 g/mol. The van der Waals surface area contributed by atoms with Gasteiger partial charge in [-0.1, -0.05) is 29.3 Å². The Morgan fingerprint density at radius 2 is 1.88 bits per heavy atom. The molecule has 0 saturated carbocycles. The lowest BCUT2D eigenvalue weighted by atomic mass is 10.3. The number of halogens is 3. The Kier molecular flexibility index (Phi) is 5.55. The zero-order valence-corrected chi connectivity index (χ0v) is 10.9. The second-order valence-corrected chi connectivity index (χ2v) is 4.16. The quantitative estimate of drug-likeness (QED) is 0.664. The number of benzene rings is 1. The van der Waals surface area contributed by atoms with Gasteiger partial charge in [0, 0.05) is 12.4 Å². The van der Waals surface area contributed by atoms with Crippen LogP contribution in [0.25, 0.3) is 0 Å². The van der Waals surface area contributed by atoms with Gasteiger partial charge in [-0.2, -0.15) is 0 Å². The first-order valence-corrected chi connectivity index (χ1v) is 5.94. The van der Waals surface area contributed by atoms with Crippen molar-refractivity contribution in [1.29, 1.82) is 0 Å². The number of carbonyl (C=O) groups excluding carboxylic acids is 2. The van der Waals surface area contributed by atoms with Gasteiger partial charge in [-0.05, 0) is 12.1 Å². The van der Waals surface area contributed by atoms with Gasteiger partial charge < -0.3 is 10.6 Å². The maximum atomic E-state index is 11.4. The zero-order chi connectivity index (χ0) is 12.8. The van der Waals surface area contributed by atoms with E-state index in [1.165, 1.54) is 0 Å². The number of hydrogen-bond acceptors (Lipinski definition) is 2. The Bertz CT molecular complexity index is 438. The third kappa shape index (κ3) is 4.07. The van der Waals surface area contributed by atoms with Crippen molar-refractivity contribution in [3.05, 3.63) is 28.2 Å². The van der Waals surface area contributed by atoms with Crippen molar-refractivity contribution in [2.24, 2.45) is 0 Å². The van der Waals surface area contributed by atoms with Crippen molar-refractivity contribution in [2.45, 2.75) is 0 Å². The highest BCUT2D eigenvalue weighted by Gasteiger charge is 2.15. The van der Waals surface area contributed by atoms with Gasteiger partial charge in [-0.25, -0.2) is 0 Å². The first-order valence-electron chi connectivity index (χ1n) is 4.65. The number of hydrogen-bond donors (Lipinski definition) is 2. The molecule has 2 amide bonds. The van der Waals surface area contributed by atoms with E-state index in [9.17, 15) is 9.59 Å². The molecule has 0 aliphatic carbocycles. The summed E-state index contributed by atoms with van der Waals surface area (Å²) in [5.41, 5.74) is 0.283. The fourth-order valence-electron chi connectivity index (χ4n) is 1.02. The molecule has 1 aromatic rings. The Balaban J connectivity index is 2.68. The standard InChI is InChI=1S/C10H9Cl3N2O2/c11-4-5-14-9(16)10(17)15-7-3-1-2-6(12)8(7)13/h1-3H,4-5H2,(H,14,16)(H,15,17). The molecule has 0 heterocycles. The van der Waals surface area contributed by atoms with Crippen LogP contribution in [-0.2, 0) is 9.59 Å². The molecule has 0 atom stereocenters. The van der Waals surface area contributed by atoms with Gasteiger partial charge in [-0.3, -0.25) is 9.59 Å². The SMILES string of the molecule is O=C(NCCCl)C(=O)Nc1cccc(Cl)c1Cl. The van der Waals surface area contributed by atoms with E-state index in [0.29, 0.717) is 5.02 Å². The first-order chi connectivity index (χ1) is 8.06. The lowest BCUT2D eigenvalue weighted by Gasteiger charge is -2.07. The smallest absolute Gasteiger partial charge is 0.313 e. The number of nitrogens with one attached hydrogen (secondary N) is 2. The van der Waals surface area contributed by atoms with Crippen LogP contribution in [0.5, 0.6) is 0 Å². The molecule has 0 bridgehead atoms. The third-order valence-corrected chi connectivity index (χ3v) is 2.79. The summed E-state index contributed by atoms with van der Waals surface area (Å²) in [4.78, 5) is 22.7. The number of anilines is 1. The monoisotopic (exact) mass is 294 g/mol. The molecule has 1 rings (SSSR count). The minimum absolute atomic E-state index is 0.188. The third-order valence-electron chi connectivity index (χ3n) is 1.79. The number of rotatable bonds is 3. The lowest BCUT2D eigenvalue weighted by molar-refractivity contribution is -0.136. The lowest BCUT2D eigenvalue weighted by Crippen LogP contribution is -2.36. The van der Waals surface area contributed by atoms with E-state index in [-0.39, 0.29) is 23.1 Å². The molecule has 17 heavy (non-hydrogen) atoms. The molecule has 0 aliphatic rings. The average Bonchev–Trinajstić information content (AvgIpc) is 2.31. The van der Waals surface area contributed by atoms with Gasteiger partial charge in [-0.15, -0.1) is 11.6 Å². The van der Waals surface area contributed by atoms with Crippen molar-refractivity contribution in [2.75, 3.05) is 17.7 Å². The van der Waals surface area contributed by atoms with Crippen LogP contribution in [0, 0.1) is 0 Å². The summed E-state index contributed by atoms with van der Waals surface area (Å²) in [5, 5.41) is 5.16. The minimum Gasteiger partial charge on any atom is -0.347 e. The zero-order valence-electron chi connectivity index (χ0n) is 8.60. The fourth-order valence-corrected chi connectivity index (χ4v) is 1.46. The number of alkyl halides is 1. The van der Waals surface area contributed by atoms with Gasteiger partial charge in [0.1, 0.15) is 0 Å². The van der Waals surface area contributed by atoms with Crippen LogP contribution in [-0.4, -0.2) is 24.2 Å². The summed E-state index contributed by atoms with van der Waals surface area (Å²) in [6, 6.07) is 4.73. The highest BCUT2D eigenvalue weighted by atomic mass is 35.5. The molecule has 0 unspecified atom stereocenters. The predicted molar refractivity (Wildman–Crippen MR) is 68.8 cm³/mol.